The lowest BCUT2D eigenvalue weighted by Crippen LogP contribution is -2.46. The van der Waals surface area contributed by atoms with Crippen LogP contribution in [0.3, 0.4) is 0 Å². The topological polar surface area (TPSA) is 63.9 Å². The predicted molar refractivity (Wildman–Crippen MR) is 64.0 cm³/mol. The molecule has 1 N–H and O–H groups in total. The number of carbonyl (C=O) groups excluding carboxylic acids is 1. The fourth-order valence-electron chi connectivity index (χ4n) is 1.83. The molecule has 6 heteroatoms. The Kier molecular flexibility index (Phi) is 4.35. The molecule has 1 unspecified atom stereocenters. The smallest absolute Gasteiger partial charge is 0.373 e. The quantitative estimate of drug-likeness (QED) is 0.808. The standard InChI is InChI=1S/C12H18N2O4/c1-9(13-14-5-7-17-8-6-14)10-3-4-11(18-10)12(15)16-2/h3-4,9,13H,5-8H2,1-2H3. The summed E-state index contributed by atoms with van der Waals surface area (Å²) in [6.45, 7) is 5.12. The first-order valence-electron chi connectivity index (χ1n) is 5.97. The molecule has 18 heavy (non-hydrogen) atoms. The molecule has 0 saturated carbocycles. The lowest BCUT2D eigenvalue weighted by Gasteiger charge is -2.29. The van der Waals surface area contributed by atoms with Crippen LogP contribution in [0.4, 0.5) is 0 Å². The molecule has 1 aromatic heterocycles. The zero-order valence-corrected chi connectivity index (χ0v) is 10.6. The molecule has 1 aromatic rings. The molecule has 100 valence electrons. The summed E-state index contributed by atoms with van der Waals surface area (Å²) in [5, 5.41) is 2.09. The van der Waals surface area contributed by atoms with Crippen LogP contribution < -0.4 is 5.43 Å². The minimum Gasteiger partial charge on any atom is -0.463 e. The summed E-state index contributed by atoms with van der Waals surface area (Å²) in [5.41, 5.74) is 3.31. The van der Waals surface area contributed by atoms with E-state index in [0.29, 0.717) is 5.76 Å². The second-order valence-electron chi connectivity index (χ2n) is 4.14. The number of nitrogens with zero attached hydrogens (tertiary/aromatic N) is 1. The summed E-state index contributed by atoms with van der Waals surface area (Å²) < 4.78 is 15.3. The normalized spacial score (nSPS) is 18.6. The van der Waals surface area contributed by atoms with Gasteiger partial charge >= 0.3 is 5.97 Å². The maximum Gasteiger partial charge on any atom is 0.373 e. The minimum atomic E-state index is -0.458. The molecule has 1 aliphatic rings. The Labute approximate surface area is 106 Å². The van der Waals surface area contributed by atoms with Gasteiger partial charge in [0, 0.05) is 13.1 Å². The summed E-state index contributed by atoms with van der Waals surface area (Å²) in [6, 6.07) is 3.41. The lowest BCUT2D eigenvalue weighted by atomic mass is 10.3. The predicted octanol–water partition coefficient (Wildman–Crippen LogP) is 0.964. The highest BCUT2D eigenvalue weighted by atomic mass is 16.5. The van der Waals surface area contributed by atoms with Gasteiger partial charge in [-0.25, -0.2) is 15.2 Å². The molecule has 6 nitrogen and oxygen atoms in total. The van der Waals surface area contributed by atoms with Crippen molar-refractivity contribution in [1.82, 2.24) is 10.4 Å². The van der Waals surface area contributed by atoms with Crippen LogP contribution in [0.2, 0.25) is 0 Å². The molecule has 2 rings (SSSR count). The van der Waals surface area contributed by atoms with Gasteiger partial charge in [0.25, 0.3) is 0 Å². The van der Waals surface area contributed by atoms with Crippen LogP contribution in [0.15, 0.2) is 16.5 Å². The first kappa shape index (κ1) is 13.1. The molecule has 0 amide bonds. The van der Waals surface area contributed by atoms with Crippen LogP contribution in [-0.2, 0) is 9.47 Å². The van der Waals surface area contributed by atoms with Gasteiger partial charge in [0.05, 0.1) is 26.4 Å². The summed E-state index contributed by atoms with van der Waals surface area (Å²) in [5.74, 6) is 0.477. The average Bonchev–Trinajstić information content (AvgIpc) is 2.88. The summed E-state index contributed by atoms with van der Waals surface area (Å²) >= 11 is 0. The largest absolute Gasteiger partial charge is 0.463 e. The Balaban J connectivity index is 1.93. The van der Waals surface area contributed by atoms with Crippen LogP contribution in [0.25, 0.3) is 0 Å². The monoisotopic (exact) mass is 254 g/mol. The fraction of sp³-hybridized carbons (Fsp3) is 0.583. The molecular formula is C12H18N2O4. The first-order valence-corrected chi connectivity index (χ1v) is 5.97. The Morgan fingerprint density at radius 3 is 2.83 bits per heavy atom. The van der Waals surface area contributed by atoms with Gasteiger partial charge in [0.15, 0.2) is 0 Å². The third kappa shape index (κ3) is 3.10. The van der Waals surface area contributed by atoms with Crippen molar-refractivity contribution in [3.8, 4) is 0 Å². The Morgan fingerprint density at radius 1 is 1.44 bits per heavy atom. The minimum absolute atomic E-state index is 0.00139. The Bertz CT molecular complexity index is 399. The Hall–Kier alpha value is -1.37. The van der Waals surface area contributed by atoms with E-state index in [-0.39, 0.29) is 11.8 Å². The molecule has 1 saturated heterocycles. The van der Waals surface area contributed by atoms with Gasteiger partial charge in [0.2, 0.25) is 5.76 Å². The third-order valence-corrected chi connectivity index (χ3v) is 2.83. The summed E-state index contributed by atoms with van der Waals surface area (Å²) in [6.07, 6.45) is 0. The molecule has 0 radical (unpaired) electrons. The van der Waals surface area contributed by atoms with E-state index < -0.39 is 5.97 Å². The fourth-order valence-corrected chi connectivity index (χ4v) is 1.83. The molecule has 0 spiro atoms. The van der Waals surface area contributed by atoms with Crippen molar-refractivity contribution in [3.63, 3.8) is 0 Å². The second-order valence-corrected chi connectivity index (χ2v) is 4.14. The molecule has 1 atom stereocenters. The van der Waals surface area contributed by atoms with Crippen molar-refractivity contribution in [3.05, 3.63) is 23.7 Å². The number of morpholine rings is 1. The van der Waals surface area contributed by atoms with Gasteiger partial charge in [-0.15, -0.1) is 0 Å². The van der Waals surface area contributed by atoms with Gasteiger partial charge in [-0.2, -0.15) is 0 Å². The molecule has 0 bridgehead atoms. The summed E-state index contributed by atoms with van der Waals surface area (Å²) in [7, 11) is 1.33. The van der Waals surface area contributed by atoms with E-state index in [9.17, 15) is 4.79 Å². The van der Waals surface area contributed by atoms with Gasteiger partial charge in [0.1, 0.15) is 5.76 Å². The number of furan rings is 1. The number of carbonyl (C=O) groups is 1. The Morgan fingerprint density at radius 2 is 2.17 bits per heavy atom. The maximum absolute atomic E-state index is 11.3. The number of esters is 1. The maximum atomic E-state index is 11.3. The number of methoxy groups -OCH3 is 1. The van der Waals surface area contributed by atoms with E-state index >= 15 is 0 Å². The van der Waals surface area contributed by atoms with Gasteiger partial charge in [-0.3, -0.25) is 0 Å². The van der Waals surface area contributed by atoms with Crippen molar-refractivity contribution in [2.75, 3.05) is 33.4 Å². The van der Waals surface area contributed by atoms with Crippen molar-refractivity contribution < 1.29 is 18.7 Å². The van der Waals surface area contributed by atoms with Crippen molar-refractivity contribution in [2.45, 2.75) is 13.0 Å². The molecule has 0 aromatic carbocycles. The molecule has 2 heterocycles. The van der Waals surface area contributed by atoms with Gasteiger partial charge in [-0.05, 0) is 19.1 Å². The van der Waals surface area contributed by atoms with Crippen LogP contribution in [0, 0.1) is 0 Å². The highest BCUT2D eigenvalue weighted by molar-refractivity contribution is 5.86. The zero-order valence-electron chi connectivity index (χ0n) is 10.6. The van der Waals surface area contributed by atoms with E-state index in [2.05, 4.69) is 15.2 Å². The third-order valence-electron chi connectivity index (χ3n) is 2.83. The number of rotatable bonds is 4. The lowest BCUT2D eigenvalue weighted by molar-refractivity contribution is 0.00306. The van der Waals surface area contributed by atoms with Crippen LogP contribution in [0.1, 0.15) is 29.3 Å². The second kappa shape index (κ2) is 5.99. The van der Waals surface area contributed by atoms with E-state index in [1.807, 2.05) is 6.92 Å². The van der Waals surface area contributed by atoms with Gasteiger partial charge < -0.3 is 13.9 Å². The SMILES string of the molecule is COC(=O)c1ccc(C(C)NN2CCOCC2)o1. The number of hydrogen-bond acceptors (Lipinski definition) is 6. The van der Waals surface area contributed by atoms with E-state index in [1.165, 1.54) is 7.11 Å². The van der Waals surface area contributed by atoms with Crippen molar-refractivity contribution >= 4 is 5.97 Å². The average molecular weight is 254 g/mol. The number of hydrazine groups is 1. The highest BCUT2D eigenvalue weighted by Crippen LogP contribution is 2.17. The molecule has 1 fully saturated rings. The summed E-state index contributed by atoms with van der Waals surface area (Å²) in [4.78, 5) is 11.3. The zero-order chi connectivity index (χ0) is 13.0. The van der Waals surface area contributed by atoms with Gasteiger partial charge in [-0.1, -0.05) is 0 Å². The van der Waals surface area contributed by atoms with E-state index in [4.69, 9.17) is 9.15 Å². The molecule has 0 aliphatic carbocycles. The molecule has 1 aliphatic heterocycles. The molecular weight excluding hydrogens is 236 g/mol. The van der Waals surface area contributed by atoms with E-state index in [0.717, 1.165) is 26.3 Å². The number of hydrogen-bond donors (Lipinski definition) is 1. The number of ether oxygens (including phenoxy) is 2. The van der Waals surface area contributed by atoms with E-state index in [1.54, 1.807) is 12.1 Å². The first-order chi connectivity index (χ1) is 8.70. The van der Waals surface area contributed by atoms with Crippen LogP contribution in [-0.4, -0.2) is 44.4 Å². The van der Waals surface area contributed by atoms with Crippen molar-refractivity contribution in [1.29, 1.82) is 0 Å². The van der Waals surface area contributed by atoms with Crippen LogP contribution >= 0.6 is 0 Å². The van der Waals surface area contributed by atoms with Crippen LogP contribution in [0.5, 0.6) is 0 Å². The number of nitrogens with one attached hydrogen (secondary N) is 1. The highest BCUT2D eigenvalue weighted by Gasteiger charge is 2.18. The van der Waals surface area contributed by atoms with Crippen molar-refractivity contribution in [2.24, 2.45) is 0 Å².